The van der Waals surface area contributed by atoms with Gasteiger partial charge in [-0.15, -0.1) is 0 Å². The van der Waals surface area contributed by atoms with E-state index in [4.69, 9.17) is 41.2 Å². The molecule has 1 amide bonds. The van der Waals surface area contributed by atoms with Gasteiger partial charge in [0.1, 0.15) is 0 Å². The fourth-order valence-corrected chi connectivity index (χ4v) is 2.36. The van der Waals surface area contributed by atoms with E-state index in [0.29, 0.717) is 22.2 Å². The van der Waals surface area contributed by atoms with Crippen LogP contribution in [0.25, 0.3) is 0 Å². The molecule has 3 N–H and O–H groups in total. The lowest BCUT2D eigenvalue weighted by atomic mass is 10.0. The zero-order chi connectivity index (χ0) is 14.6. The predicted molar refractivity (Wildman–Crippen MR) is 85.0 cm³/mol. The molecule has 19 heavy (non-hydrogen) atoms. The summed E-state index contributed by atoms with van der Waals surface area (Å²) in [5.41, 5.74) is 6.83. The van der Waals surface area contributed by atoms with E-state index in [1.807, 2.05) is 13.8 Å². The molecule has 0 radical (unpaired) electrons. The summed E-state index contributed by atoms with van der Waals surface area (Å²) in [5, 5.41) is 3.54. The van der Waals surface area contributed by atoms with Crippen LogP contribution in [-0.2, 0) is 4.79 Å². The standard InChI is InChI=1S/C13H16Cl2N2OS/c1-3-4-8(12(16)19)13(18)17-11-9(14)6-5-7(2)10(11)15/h5-6,8H,3-4H2,1-2H3,(H2,16,19)(H,17,18). The zero-order valence-corrected chi connectivity index (χ0v) is 13.1. The quantitative estimate of drug-likeness (QED) is 0.808. The molecule has 3 nitrogen and oxygen atoms in total. The molecule has 0 aliphatic carbocycles. The average molecular weight is 319 g/mol. The second-order valence-electron chi connectivity index (χ2n) is 4.29. The Kier molecular flexibility index (Phi) is 6.04. The maximum absolute atomic E-state index is 12.2. The maximum Gasteiger partial charge on any atom is 0.234 e. The highest BCUT2D eigenvalue weighted by Crippen LogP contribution is 2.33. The molecule has 104 valence electrons. The van der Waals surface area contributed by atoms with Crippen LogP contribution in [0.1, 0.15) is 25.3 Å². The van der Waals surface area contributed by atoms with Crippen molar-refractivity contribution in [2.75, 3.05) is 5.32 Å². The number of halogens is 2. The van der Waals surface area contributed by atoms with E-state index >= 15 is 0 Å². The van der Waals surface area contributed by atoms with Gasteiger partial charge >= 0.3 is 0 Å². The van der Waals surface area contributed by atoms with E-state index in [1.54, 1.807) is 12.1 Å². The number of hydrogen-bond donors (Lipinski definition) is 2. The van der Waals surface area contributed by atoms with Gasteiger partial charge in [-0.25, -0.2) is 0 Å². The number of benzene rings is 1. The van der Waals surface area contributed by atoms with Crippen molar-refractivity contribution >= 4 is 52.0 Å². The fraction of sp³-hybridized carbons (Fsp3) is 0.385. The highest BCUT2D eigenvalue weighted by molar-refractivity contribution is 7.80. The van der Waals surface area contributed by atoms with Crippen LogP contribution in [0.2, 0.25) is 10.0 Å². The van der Waals surface area contributed by atoms with E-state index in [0.717, 1.165) is 12.0 Å². The van der Waals surface area contributed by atoms with Gasteiger partial charge in [-0.3, -0.25) is 4.79 Å². The first-order valence-electron chi connectivity index (χ1n) is 5.93. The third-order valence-corrected chi connectivity index (χ3v) is 3.86. The normalized spacial score (nSPS) is 12.0. The molecule has 0 saturated heterocycles. The summed E-state index contributed by atoms with van der Waals surface area (Å²) < 4.78 is 0. The second kappa shape index (κ2) is 7.08. The first kappa shape index (κ1) is 16.2. The monoisotopic (exact) mass is 318 g/mol. The number of amides is 1. The number of carbonyl (C=O) groups excluding carboxylic acids is 1. The number of aryl methyl sites for hydroxylation is 1. The Morgan fingerprint density at radius 1 is 1.47 bits per heavy atom. The summed E-state index contributed by atoms with van der Waals surface area (Å²) in [7, 11) is 0. The molecule has 1 rings (SSSR count). The first-order valence-corrected chi connectivity index (χ1v) is 7.09. The van der Waals surface area contributed by atoms with E-state index in [-0.39, 0.29) is 10.9 Å². The Hall–Kier alpha value is -0.840. The molecule has 0 spiro atoms. The minimum atomic E-state index is -0.507. The molecule has 0 saturated carbocycles. The molecule has 6 heteroatoms. The van der Waals surface area contributed by atoms with Crippen molar-refractivity contribution < 1.29 is 4.79 Å². The van der Waals surface area contributed by atoms with Crippen LogP contribution in [-0.4, -0.2) is 10.9 Å². The third-order valence-electron chi connectivity index (χ3n) is 2.77. The van der Waals surface area contributed by atoms with Crippen molar-refractivity contribution in [2.24, 2.45) is 11.7 Å². The Morgan fingerprint density at radius 2 is 2.11 bits per heavy atom. The molecular weight excluding hydrogens is 303 g/mol. The lowest BCUT2D eigenvalue weighted by Gasteiger charge is -2.16. The number of hydrogen-bond acceptors (Lipinski definition) is 2. The molecular formula is C13H16Cl2N2OS. The van der Waals surface area contributed by atoms with Gasteiger partial charge in [-0.1, -0.05) is 54.8 Å². The van der Waals surface area contributed by atoms with Gasteiger partial charge in [0.05, 0.1) is 26.6 Å². The lowest BCUT2D eigenvalue weighted by Crippen LogP contribution is -2.33. The summed E-state index contributed by atoms with van der Waals surface area (Å²) in [5.74, 6) is -0.781. The summed E-state index contributed by atoms with van der Waals surface area (Å²) in [6.07, 6.45) is 1.41. The Morgan fingerprint density at radius 3 is 2.63 bits per heavy atom. The maximum atomic E-state index is 12.2. The van der Waals surface area contributed by atoms with Crippen LogP contribution in [0.3, 0.4) is 0 Å². The fourth-order valence-electron chi connectivity index (χ4n) is 1.67. The Balaban J connectivity index is 2.99. The molecule has 1 atom stereocenters. The summed E-state index contributed by atoms with van der Waals surface area (Å²) in [6, 6.07) is 3.48. The molecule has 1 aromatic rings. The molecule has 0 aliphatic rings. The molecule has 0 bridgehead atoms. The minimum Gasteiger partial charge on any atom is -0.393 e. The number of thiocarbonyl (C=S) groups is 1. The highest BCUT2D eigenvalue weighted by Gasteiger charge is 2.22. The van der Waals surface area contributed by atoms with Crippen LogP contribution < -0.4 is 11.1 Å². The lowest BCUT2D eigenvalue weighted by molar-refractivity contribution is -0.118. The molecule has 0 aliphatic heterocycles. The van der Waals surface area contributed by atoms with E-state index < -0.39 is 5.92 Å². The van der Waals surface area contributed by atoms with Crippen LogP contribution in [0.5, 0.6) is 0 Å². The average Bonchev–Trinajstić information content (AvgIpc) is 2.35. The predicted octanol–water partition coefficient (Wildman–Crippen LogP) is 3.94. The van der Waals surface area contributed by atoms with Gasteiger partial charge in [0, 0.05) is 0 Å². The number of nitrogens with two attached hydrogens (primary N) is 1. The largest absolute Gasteiger partial charge is 0.393 e. The van der Waals surface area contributed by atoms with Gasteiger partial charge < -0.3 is 11.1 Å². The SMILES string of the molecule is CCCC(C(=O)Nc1c(Cl)ccc(C)c1Cl)C(N)=S. The number of carbonyl (C=O) groups is 1. The number of rotatable bonds is 5. The molecule has 0 fully saturated rings. The summed E-state index contributed by atoms with van der Waals surface area (Å²) in [4.78, 5) is 12.3. The van der Waals surface area contributed by atoms with Gasteiger partial charge in [0.2, 0.25) is 5.91 Å². The molecule has 0 heterocycles. The summed E-state index contributed by atoms with van der Waals surface area (Å²) in [6.45, 7) is 3.80. The van der Waals surface area contributed by atoms with Crippen molar-refractivity contribution in [3.8, 4) is 0 Å². The van der Waals surface area contributed by atoms with Crippen molar-refractivity contribution in [2.45, 2.75) is 26.7 Å². The van der Waals surface area contributed by atoms with Gasteiger partial charge in [0.25, 0.3) is 0 Å². The van der Waals surface area contributed by atoms with Crippen LogP contribution in [0.15, 0.2) is 12.1 Å². The van der Waals surface area contributed by atoms with Crippen molar-refractivity contribution in [3.05, 3.63) is 27.7 Å². The Labute approximate surface area is 128 Å². The second-order valence-corrected chi connectivity index (χ2v) is 5.54. The topological polar surface area (TPSA) is 55.1 Å². The van der Waals surface area contributed by atoms with Gasteiger partial charge in [0.15, 0.2) is 0 Å². The first-order chi connectivity index (χ1) is 8.88. The van der Waals surface area contributed by atoms with Crippen LogP contribution in [0.4, 0.5) is 5.69 Å². The molecule has 0 aromatic heterocycles. The molecule has 1 aromatic carbocycles. The van der Waals surface area contributed by atoms with Gasteiger partial charge in [-0.2, -0.15) is 0 Å². The van der Waals surface area contributed by atoms with Crippen molar-refractivity contribution in [3.63, 3.8) is 0 Å². The van der Waals surface area contributed by atoms with Crippen LogP contribution in [0, 0.1) is 12.8 Å². The smallest absolute Gasteiger partial charge is 0.234 e. The zero-order valence-electron chi connectivity index (χ0n) is 10.8. The summed E-state index contributed by atoms with van der Waals surface area (Å²) >= 11 is 17.1. The van der Waals surface area contributed by atoms with Crippen molar-refractivity contribution in [1.82, 2.24) is 0 Å². The number of nitrogens with one attached hydrogen (secondary N) is 1. The minimum absolute atomic E-state index is 0.180. The highest BCUT2D eigenvalue weighted by atomic mass is 35.5. The van der Waals surface area contributed by atoms with Gasteiger partial charge in [-0.05, 0) is 25.0 Å². The van der Waals surface area contributed by atoms with E-state index in [9.17, 15) is 4.79 Å². The number of anilines is 1. The molecule has 1 unspecified atom stereocenters. The van der Waals surface area contributed by atoms with Crippen LogP contribution >= 0.6 is 35.4 Å². The third kappa shape index (κ3) is 4.06. The van der Waals surface area contributed by atoms with E-state index in [2.05, 4.69) is 5.32 Å². The van der Waals surface area contributed by atoms with Crippen molar-refractivity contribution in [1.29, 1.82) is 0 Å². The van der Waals surface area contributed by atoms with E-state index in [1.165, 1.54) is 0 Å². The Bertz CT molecular complexity index is 506.